The number of nitrogens with zero attached hydrogens (tertiary/aromatic N) is 3. The highest BCUT2D eigenvalue weighted by atomic mass is 19.1. The Morgan fingerprint density at radius 2 is 2.03 bits per heavy atom. The van der Waals surface area contributed by atoms with Crippen LogP contribution in [0.2, 0.25) is 0 Å². The molecule has 2 aromatic rings. The summed E-state index contributed by atoms with van der Waals surface area (Å²) in [6.07, 6.45) is 8.26. The highest BCUT2D eigenvalue weighted by Crippen LogP contribution is 2.51. The summed E-state index contributed by atoms with van der Waals surface area (Å²) in [5.74, 6) is -0.208. The second kappa shape index (κ2) is 9.48. The van der Waals surface area contributed by atoms with Crippen molar-refractivity contribution in [2.45, 2.75) is 58.5 Å². The van der Waals surface area contributed by atoms with Gasteiger partial charge in [-0.2, -0.15) is 0 Å². The molecule has 2 heterocycles. The number of nitrogens with two attached hydrogens (primary N) is 1. The first-order valence-corrected chi connectivity index (χ1v) is 12.6. The van der Waals surface area contributed by atoms with Gasteiger partial charge in [0.1, 0.15) is 11.5 Å². The summed E-state index contributed by atoms with van der Waals surface area (Å²) in [4.78, 5) is 36.8. The predicted molar refractivity (Wildman–Crippen MR) is 138 cm³/mol. The van der Waals surface area contributed by atoms with E-state index in [0.717, 1.165) is 32.1 Å². The number of anilines is 1. The number of rotatable bonds is 8. The summed E-state index contributed by atoms with van der Waals surface area (Å²) >= 11 is 0. The highest BCUT2D eigenvalue weighted by molar-refractivity contribution is 6.09. The van der Waals surface area contributed by atoms with Crippen molar-refractivity contribution in [1.29, 1.82) is 0 Å². The van der Waals surface area contributed by atoms with E-state index in [9.17, 15) is 14.0 Å². The third-order valence-corrected chi connectivity index (χ3v) is 7.44. The van der Waals surface area contributed by atoms with Crippen LogP contribution in [-0.2, 0) is 11.3 Å². The van der Waals surface area contributed by atoms with Crippen molar-refractivity contribution in [2.75, 3.05) is 11.4 Å². The topological polar surface area (TPSA) is 101 Å². The molecule has 3 N–H and O–H groups in total. The Balaban J connectivity index is 1.29. The lowest BCUT2D eigenvalue weighted by molar-refractivity contribution is -0.125. The fourth-order valence-electron chi connectivity index (χ4n) is 4.94. The van der Waals surface area contributed by atoms with E-state index in [0.29, 0.717) is 46.6 Å². The molecule has 0 unspecified atom stereocenters. The van der Waals surface area contributed by atoms with E-state index in [2.05, 4.69) is 22.2 Å². The van der Waals surface area contributed by atoms with Crippen molar-refractivity contribution < 1.29 is 14.0 Å². The molecule has 5 rings (SSSR count). The summed E-state index contributed by atoms with van der Waals surface area (Å²) in [7, 11) is 0. The van der Waals surface area contributed by atoms with Gasteiger partial charge < -0.3 is 16.0 Å². The summed E-state index contributed by atoms with van der Waals surface area (Å²) in [6, 6.07) is 8.41. The third-order valence-electron chi connectivity index (χ3n) is 7.44. The first-order chi connectivity index (χ1) is 17.3. The maximum Gasteiger partial charge on any atom is 0.270 e. The largest absolute Gasteiger partial charge is 0.404 e. The number of nitrogens with one attached hydrogen (secondary N) is 1. The van der Waals surface area contributed by atoms with Gasteiger partial charge in [-0.05, 0) is 86.4 Å². The molecule has 7 nitrogen and oxygen atoms in total. The first kappa shape index (κ1) is 24.2. The Morgan fingerprint density at radius 3 is 2.72 bits per heavy atom. The number of allylic oxidation sites excluding steroid dienone is 1. The number of hydrogen-bond donors (Lipinski definition) is 2. The minimum Gasteiger partial charge on any atom is -0.404 e. The summed E-state index contributed by atoms with van der Waals surface area (Å²) in [6.45, 7) is 4.63. The van der Waals surface area contributed by atoms with E-state index < -0.39 is 5.82 Å². The number of carbonyl (C=O) groups is 2. The van der Waals surface area contributed by atoms with Crippen molar-refractivity contribution in [3.63, 3.8) is 0 Å². The van der Waals surface area contributed by atoms with Crippen molar-refractivity contribution in [3.8, 4) is 0 Å². The van der Waals surface area contributed by atoms with Gasteiger partial charge in [-0.1, -0.05) is 6.92 Å². The highest BCUT2D eigenvalue weighted by Gasteiger charge is 2.52. The van der Waals surface area contributed by atoms with Crippen molar-refractivity contribution in [2.24, 2.45) is 22.1 Å². The number of aliphatic imine (C=N–C) groups is 1. The van der Waals surface area contributed by atoms with Gasteiger partial charge in [0.2, 0.25) is 5.91 Å². The van der Waals surface area contributed by atoms with Gasteiger partial charge in [-0.25, -0.2) is 9.37 Å². The van der Waals surface area contributed by atoms with Crippen LogP contribution in [-0.4, -0.2) is 35.6 Å². The Labute approximate surface area is 210 Å². The number of amides is 2. The van der Waals surface area contributed by atoms with E-state index in [-0.39, 0.29) is 29.5 Å². The Bertz CT molecular complexity index is 1260. The molecule has 1 aromatic carbocycles. The molecule has 0 bridgehead atoms. The van der Waals surface area contributed by atoms with E-state index in [1.807, 2.05) is 13.0 Å². The Morgan fingerprint density at radius 1 is 1.25 bits per heavy atom. The summed E-state index contributed by atoms with van der Waals surface area (Å²) in [5, 5.41) is 2.83. The predicted octanol–water partition coefficient (Wildman–Crippen LogP) is 4.14. The lowest BCUT2D eigenvalue weighted by Gasteiger charge is -2.23. The molecule has 1 aromatic heterocycles. The van der Waals surface area contributed by atoms with Crippen LogP contribution in [0.25, 0.3) is 5.57 Å². The summed E-state index contributed by atoms with van der Waals surface area (Å²) in [5.41, 5.74) is 8.86. The van der Waals surface area contributed by atoms with Gasteiger partial charge >= 0.3 is 0 Å². The fraction of sp³-hybridized carbons (Fsp3) is 0.429. The molecule has 1 aliphatic heterocycles. The van der Waals surface area contributed by atoms with Crippen molar-refractivity contribution >= 4 is 29.3 Å². The molecule has 0 spiro atoms. The van der Waals surface area contributed by atoms with Crippen LogP contribution < -0.4 is 16.0 Å². The van der Waals surface area contributed by atoms with Gasteiger partial charge in [0.05, 0.1) is 11.5 Å². The molecule has 0 radical (unpaired) electrons. The molecule has 2 amide bonds. The molecule has 2 saturated carbocycles. The second-order valence-electron chi connectivity index (χ2n) is 10.4. The molecule has 188 valence electrons. The standard InChI is InChI=1S/C28H32FN5O2/c1-17-9-24(34-8-7-28(2,27(34)36)21-3-4-21)13-25(33-17)26(35)32-15-18-10-19(12-22(29)11-18)20(14-30)16-31-23-5-6-23/h9-14,16,21,23H,3-8,15,30H2,1-2H3,(H,32,35)/t28-/m0/s1. The van der Waals surface area contributed by atoms with Crippen LogP contribution in [0.15, 0.2) is 41.5 Å². The first-order valence-electron chi connectivity index (χ1n) is 12.6. The zero-order valence-electron chi connectivity index (χ0n) is 20.8. The van der Waals surface area contributed by atoms with Gasteiger partial charge in [-0.3, -0.25) is 14.6 Å². The van der Waals surface area contributed by atoms with Gasteiger partial charge in [0.25, 0.3) is 5.91 Å². The Hall–Kier alpha value is -3.55. The lowest BCUT2D eigenvalue weighted by Crippen LogP contribution is -2.34. The molecular formula is C28H32FN5O2. The molecule has 36 heavy (non-hydrogen) atoms. The lowest BCUT2D eigenvalue weighted by atomic mass is 9.83. The van der Waals surface area contributed by atoms with Crippen LogP contribution in [0.3, 0.4) is 0 Å². The van der Waals surface area contributed by atoms with Gasteiger partial charge in [0, 0.05) is 42.5 Å². The van der Waals surface area contributed by atoms with Crippen LogP contribution in [0.1, 0.15) is 66.3 Å². The monoisotopic (exact) mass is 489 g/mol. The van der Waals surface area contributed by atoms with Crippen LogP contribution in [0.4, 0.5) is 10.1 Å². The molecular weight excluding hydrogens is 457 g/mol. The average molecular weight is 490 g/mol. The fourth-order valence-corrected chi connectivity index (χ4v) is 4.94. The third kappa shape index (κ3) is 5.03. The number of benzene rings is 1. The number of halogens is 1. The Kier molecular flexibility index (Phi) is 6.36. The maximum atomic E-state index is 14.3. The minimum atomic E-state index is -0.418. The number of aromatic nitrogens is 1. The minimum absolute atomic E-state index is 0.120. The number of pyridine rings is 1. The van der Waals surface area contributed by atoms with Gasteiger partial charge in [-0.15, -0.1) is 0 Å². The smallest absolute Gasteiger partial charge is 0.270 e. The van der Waals surface area contributed by atoms with E-state index >= 15 is 0 Å². The summed E-state index contributed by atoms with van der Waals surface area (Å²) < 4.78 is 14.3. The molecule has 2 aliphatic carbocycles. The zero-order chi connectivity index (χ0) is 25.4. The normalized spacial score (nSPS) is 22.5. The molecule has 1 atom stereocenters. The van der Waals surface area contributed by atoms with Crippen molar-refractivity contribution in [3.05, 3.63) is 64.9 Å². The molecule has 1 saturated heterocycles. The average Bonchev–Trinajstić information content (AvgIpc) is 3.77. The molecule has 8 heteroatoms. The van der Waals surface area contributed by atoms with E-state index in [1.165, 1.54) is 18.3 Å². The molecule has 3 aliphatic rings. The van der Waals surface area contributed by atoms with Crippen LogP contribution in [0, 0.1) is 24.1 Å². The van der Waals surface area contributed by atoms with Crippen LogP contribution in [0.5, 0.6) is 0 Å². The van der Waals surface area contributed by atoms with E-state index in [4.69, 9.17) is 5.73 Å². The van der Waals surface area contributed by atoms with Gasteiger partial charge in [0.15, 0.2) is 0 Å². The number of carbonyl (C=O) groups excluding carboxylic acids is 2. The number of hydrogen-bond acceptors (Lipinski definition) is 5. The quantitative estimate of drug-likeness (QED) is 0.544. The van der Waals surface area contributed by atoms with Crippen LogP contribution >= 0.6 is 0 Å². The maximum absolute atomic E-state index is 14.3. The van der Waals surface area contributed by atoms with E-state index in [1.54, 1.807) is 23.2 Å². The van der Waals surface area contributed by atoms with Crippen molar-refractivity contribution in [1.82, 2.24) is 10.3 Å². The SMILES string of the molecule is Cc1cc(N2CC[C@@](C)(C3CC3)C2=O)cc(C(=O)NCc2cc(F)cc(C(C=NC3CC3)=CN)c2)n1. The zero-order valence-corrected chi connectivity index (χ0v) is 20.8. The second-order valence-corrected chi connectivity index (χ2v) is 10.4. The number of aryl methyl sites for hydroxylation is 1. The molecule has 3 fully saturated rings.